The quantitative estimate of drug-likeness (QED) is 0.520. The second-order valence-electron chi connectivity index (χ2n) is 5.83. The third-order valence-corrected chi connectivity index (χ3v) is 3.78. The van der Waals surface area contributed by atoms with E-state index in [1.807, 2.05) is 0 Å². The molecule has 0 fully saturated rings. The Labute approximate surface area is 157 Å². The molecule has 0 aromatic heterocycles. The lowest BCUT2D eigenvalue weighted by Crippen LogP contribution is -2.31. The first-order chi connectivity index (χ1) is 13.0. The lowest BCUT2D eigenvalue weighted by molar-refractivity contribution is -0.143. The zero-order valence-electron chi connectivity index (χ0n) is 15.0. The summed E-state index contributed by atoms with van der Waals surface area (Å²) in [4.78, 5) is 25.7. The molecular formula is C21H21F2NO3. The van der Waals surface area contributed by atoms with E-state index in [2.05, 4.69) is 0 Å². The predicted octanol–water partition coefficient (Wildman–Crippen LogP) is 3.96. The zero-order chi connectivity index (χ0) is 19.6. The van der Waals surface area contributed by atoms with E-state index in [9.17, 15) is 18.4 Å². The number of carbonyl (C=O) groups is 2. The Morgan fingerprint density at radius 3 is 2.19 bits per heavy atom. The van der Waals surface area contributed by atoms with E-state index in [0.717, 1.165) is 5.56 Å². The van der Waals surface area contributed by atoms with Crippen molar-refractivity contribution in [1.82, 2.24) is 4.90 Å². The smallest absolute Gasteiger partial charge is 0.307 e. The number of halogens is 2. The molecular weight excluding hydrogens is 352 g/mol. The van der Waals surface area contributed by atoms with Gasteiger partial charge in [-0.2, -0.15) is 0 Å². The Balaban J connectivity index is 2.08. The van der Waals surface area contributed by atoms with Crippen molar-refractivity contribution in [3.8, 4) is 0 Å². The largest absolute Gasteiger partial charge is 0.466 e. The summed E-state index contributed by atoms with van der Waals surface area (Å²) in [6.07, 6.45) is 3.00. The molecule has 6 heteroatoms. The summed E-state index contributed by atoms with van der Waals surface area (Å²) in [6.45, 7) is 2.38. The molecule has 2 aromatic rings. The van der Waals surface area contributed by atoms with Gasteiger partial charge in [0, 0.05) is 19.2 Å². The fraction of sp³-hybridized carbons (Fsp3) is 0.238. The maximum Gasteiger partial charge on any atom is 0.307 e. The van der Waals surface area contributed by atoms with Crippen LogP contribution in [0.4, 0.5) is 8.78 Å². The minimum atomic E-state index is -0.392. The van der Waals surface area contributed by atoms with Crippen LogP contribution in [0.15, 0.2) is 54.6 Å². The maximum absolute atomic E-state index is 13.1. The molecule has 27 heavy (non-hydrogen) atoms. The molecule has 0 aliphatic heterocycles. The number of esters is 1. The van der Waals surface area contributed by atoms with E-state index in [1.54, 1.807) is 37.3 Å². The van der Waals surface area contributed by atoms with Crippen LogP contribution in [-0.2, 0) is 20.9 Å². The van der Waals surface area contributed by atoms with Gasteiger partial charge in [0.05, 0.1) is 13.0 Å². The third kappa shape index (κ3) is 7.01. The fourth-order valence-corrected chi connectivity index (χ4v) is 2.38. The Bertz CT molecular complexity index is 786. The molecule has 1 amide bonds. The van der Waals surface area contributed by atoms with Gasteiger partial charge >= 0.3 is 5.97 Å². The topological polar surface area (TPSA) is 46.6 Å². The fourth-order valence-electron chi connectivity index (χ4n) is 2.38. The van der Waals surface area contributed by atoms with Crippen molar-refractivity contribution in [1.29, 1.82) is 0 Å². The molecule has 2 aromatic carbocycles. The standard InChI is InChI=1S/C21H21F2NO3/c1-2-27-21(26)13-14-24(15-17-5-10-19(23)11-6-17)20(25)12-7-16-3-8-18(22)9-4-16/h3-12H,2,13-15H2,1H3/b12-7+. The van der Waals surface area contributed by atoms with E-state index >= 15 is 0 Å². The third-order valence-electron chi connectivity index (χ3n) is 3.78. The number of nitrogens with zero attached hydrogens (tertiary/aromatic N) is 1. The highest BCUT2D eigenvalue weighted by Crippen LogP contribution is 2.10. The van der Waals surface area contributed by atoms with Crippen LogP contribution in [0.2, 0.25) is 0 Å². The molecule has 0 saturated heterocycles. The molecule has 0 atom stereocenters. The van der Waals surface area contributed by atoms with Gasteiger partial charge in [-0.1, -0.05) is 24.3 Å². The highest BCUT2D eigenvalue weighted by atomic mass is 19.1. The summed E-state index contributed by atoms with van der Waals surface area (Å²) in [5, 5.41) is 0. The maximum atomic E-state index is 13.1. The van der Waals surface area contributed by atoms with Gasteiger partial charge < -0.3 is 9.64 Å². The second kappa shape index (κ2) is 10.2. The van der Waals surface area contributed by atoms with Gasteiger partial charge in [0.25, 0.3) is 0 Å². The number of carbonyl (C=O) groups excluding carboxylic acids is 2. The monoisotopic (exact) mass is 373 g/mol. The van der Waals surface area contributed by atoms with Crippen LogP contribution < -0.4 is 0 Å². The average Bonchev–Trinajstić information content (AvgIpc) is 2.66. The number of hydrogen-bond acceptors (Lipinski definition) is 3. The number of benzene rings is 2. The van der Waals surface area contributed by atoms with Gasteiger partial charge in [-0.3, -0.25) is 9.59 Å². The number of rotatable bonds is 8. The normalized spacial score (nSPS) is 10.8. The summed E-state index contributed by atoms with van der Waals surface area (Å²) in [7, 11) is 0. The van der Waals surface area contributed by atoms with Crippen LogP contribution in [-0.4, -0.2) is 29.9 Å². The van der Waals surface area contributed by atoms with Crippen molar-refractivity contribution in [2.45, 2.75) is 19.9 Å². The summed E-state index contributed by atoms with van der Waals surface area (Å²) in [5.74, 6) is -1.42. The molecule has 0 N–H and O–H groups in total. The average molecular weight is 373 g/mol. The molecule has 0 aliphatic carbocycles. The van der Waals surface area contributed by atoms with E-state index in [0.29, 0.717) is 5.56 Å². The van der Waals surface area contributed by atoms with Crippen LogP contribution in [0, 0.1) is 11.6 Å². The minimum absolute atomic E-state index is 0.0607. The molecule has 2 rings (SSSR count). The Morgan fingerprint density at radius 1 is 1.00 bits per heavy atom. The summed E-state index contributed by atoms with van der Waals surface area (Å²) < 4.78 is 30.9. The zero-order valence-corrected chi connectivity index (χ0v) is 15.0. The van der Waals surface area contributed by atoms with Crippen LogP contribution in [0.5, 0.6) is 0 Å². The van der Waals surface area contributed by atoms with Crippen molar-refractivity contribution < 1.29 is 23.1 Å². The molecule has 4 nitrogen and oxygen atoms in total. The van der Waals surface area contributed by atoms with Crippen molar-refractivity contribution >= 4 is 18.0 Å². The molecule has 0 aliphatic rings. The van der Waals surface area contributed by atoms with Crippen molar-refractivity contribution in [3.63, 3.8) is 0 Å². The highest BCUT2D eigenvalue weighted by Gasteiger charge is 2.14. The lowest BCUT2D eigenvalue weighted by atomic mass is 10.2. The molecule has 0 bridgehead atoms. The van der Waals surface area contributed by atoms with Crippen LogP contribution in [0.25, 0.3) is 6.08 Å². The van der Waals surface area contributed by atoms with Gasteiger partial charge in [-0.15, -0.1) is 0 Å². The van der Waals surface area contributed by atoms with Crippen LogP contribution in [0.1, 0.15) is 24.5 Å². The molecule has 0 heterocycles. The van der Waals surface area contributed by atoms with E-state index < -0.39 is 5.97 Å². The van der Waals surface area contributed by atoms with Gasteiger partial charge in [-0.25, -0.2) is 8.78 Å². The molecule has 0 saturated carbocycles. The van der Waals surface area contributed by atoms with Gasteiger partial charge in [0.2, 0.25) is 5.91 Å². The molecule has 0 spiro atoms. The Morgan fingerprint density at radius 2 is 1.59 bits per heavy atom. The first-order valence-corrected chi connectivity index (χ1v) is 8.60. The van der Waals surface area contributed by atoms with E-state index in [4.69, 9.17) is 4.74 Å². The summed E-state index contributed by atoms with van der Waals surface area (Å²) in [5.41, 5.74) is 1.42. The first kappa shape index (κ1) is 20.3. The number of ether oxygens (including phenoxy) is 1. The highest BCUT2D eigenvalue weighted by molar-refractivity contribution is 5.92. The number of hydrogen-bond donors (Lipinski definition) is 0. The van der Waals surface area contributed by atoms with Gasteiger partial charge in [0.15, 0.2) is 0 Å². The van der Waals surface area contributed by atoms with Gasteiger partial charge in [0.1, 0.15) is 11.6 Å². The summed E-state index contributed by atoms with van der Waals surface area (Å²) >= 11 is 0. The molecule has 142 valence electrons. The van der Waals surface area contributed by atoms with Crippen LogP contribution in [0.3, 0.4) is 0 Å². The Hall–Kier alpha value is -3.02. The molecule has 0 radical (unpaired) electrons. The van der Waals surface area contributed by atoms with Crippen LogP contribution >= 0.6 is 0 Å². The Kier molecular flexibility index (Phi) is 7.67. The lowest BCUT2D eigenvalue weighted by Gasteiger charge is -2.21. The molecule has 0 unspecified atom stereocenters. The van der Waals surface area contributed by atoms with Crippen molar-refractivity contribution in [2.75, 3.05) is 13.2 Å². The van der Waals surface area contributed by atoms with Gasteiger partial charge in [-0.05, 0) is 48.4 Å². The van der Waals surface area contributed by atoms with E-state index in [-0.39, 0.29) is 43.7 Å². The van der Waals surface area contributed by atoms with Crippen molar-refractivity contribution in [2.24, 2.45) is 0 Å². The SMILES string of the molecule is CCOC(=O)CCN(Cc1ccc(F)cc1)C(=O)/C=C/c1ccc(F)cc1. The van der Waals surface area contributed by atoms with E-state index in [1.165, 1.54) is 35.2 Å². The second-order valence-corrected chi connectivity index (χ2v) is 5.83. The predicted molar refractivity (Wildman–Crippen MR) is 98.5 cm³/mol. The number of amides is 1. The van der Waals surface area contributed by atoms with Crippen molar-refractivity contribution in [3.05, 3.63) is 77.4 Å². The minimum Gasteiger partial charge on any atom is -0.466 e. The first-order valence-electron chi connectivity index (χ1n) is 8.60. The summed E-state index contributed by atoms with van der Waals surface area (Å²) in [6, 6.07) is 11.5.